The van der Waals surface area contributed by atoms with Crippen LogP contribution >= 0.6 is 0 Å². The smallest absolute Gasteiger partial charge is 0.322 e. The first-order valence-corrected chi connectivity index (χ1v) is 9.21. The highest BCUT2D eigenvalue weighted by molar-refractivity contribution is 5.90. The molecule has 0 saturated carbocycles. The average molecular weight is 379 g/mol. The zero-order chi connectivity index (χ0) is 19.5. The first kappa shape index (κ1) is 18.0. The van der Waals surface area contributed by atoms with Crippen LogP contribution in [0.5, 0.6) is 11.5 Å². The van der Waals surface area contributed by atoms with Gasteiger partial charge in [0, 0.05) is 5.56 Å². The number of ether oxygens (including phenoxy) is 2. The summed E-state index contributed by atoms with van der Waals surface area (Å²) in [7, 11) is 0. The summed E-state index contributed by atoms with van der Waals surface area (Å²) < 4.78 is 16.6. The number of fused-ring (bicyclic) bond motifs is 1. The van der Waals surface area contributed by atoms with Crippen LogP contribution in [0, 0.1) is 0 Å². The van der Waals surface area contributed by atoms with E-state index in [0.29, 0.717) is 42.1 Å². The van der Waals surface area contributed by atoms with Gasteiger partial charge in [-0.1, -0.05) is 43.2 Å². The van der Waals surface area contributed by atoms with Crippen molar-refractivity contribution in [1.29, 1.82) is 0 Å². The number of aromatic nitrogens is 2. The van der Waals surface area contributed by atoms with Crippen LogP contribution in [0.4, 0.5) is 6.01 Å². The van der Waals surface area contributed by atoms with Crippen LogP contribution < -0.4 is 14.8 Å². The molecule has 2 heterocycles. The molecule has 7 nitrogen and oxygen atoms in total. The van der Waals surface area contributed by atoms with Gasteiger partial charge in [0.1, 0.15) is 13.2 Å². The largest absolute Gasteiger partial charge is 0.486 e. The lowest BCUT2D eigenvalue weighted by Crippen LogP contribution is -2.15. The molecular weight excluding hydrogens is 358 g/mol. The summed E-state index contributed by atoms with van der Waals surface area (Å²) in [4.78, 5) is 12.3. The number of amides is 1. The summed E-state index contributed by atoms with van der Waals surface area (Å²) in [5.41, 5.74) is 2.86. The Labute approximate surface area is 162 Å². The molecule has 0 fully saturated rings. The molecule has 0 aliphatic carbocycles. The van der Waals surface area contributed by atoms with Gasteiger partial charge in [0.15, 0.2) is 11.5 Å². The van der Waals surface area contributed by atoms with Crippen molar-refractivity contribution in [3.8, 4) is 23.0 Å². The molecule has 1 aliphatic heterocycles. The van der Waals surface area contributed by atoms with E-state index < -0.39 is 0 Å². The minimum atomic E-state index is -0.213. The molecule has 1 aliphatic rings. The highest BCUT2D eigenvalue weighted by Crippen LogP contribution is 2.34. The normalized spacial score (nSPS) is 12.8. The van der Waals surface area contributed by atoms with Crippen molar-refractivity contribution in [2.75, 3.05) is 18.5 Å². The summed E-state index contributed by atoms with van der Waals surface area (Å²) in [5.74, 6) is 1.87. The number of nitrogens with zero attached hydrogens (tertiary/aromatic N) is 2. The third-order valence-electron chi connectivity index (χ3n) is 4.47. The molecule has 7 heteroatoms. The van der Waals surface area contributed by atoms with Gasteiger partial charge in [-0.05, 0) is 35.2 Å². The molecular formula is C21H21N3O4. The minimum absolute atomic E-state index is 0.0636. The molecule has 1 aromatic heterocycles. The predicted octanol–water partition coefficient (Wildman–Crippen LogP) is 3.81. The first-order chi connectivity index (χ1) is 13.6. The van der Waals surface area contributed by atoms with Gasteiger partial charge >= 0.3 is 6.01 Å². The lowest BCUT2D eigenvalue weighted by molar-refractivity contribution is -0.115. The quantitative estimate of drug-likeness (QED) is 0.725. The molecule has 0 saturated heterocycles. The van der Waals surface area contributed by atoms with E-state index in [1.54, 1.807) is 12.1 Å². The van der Waals surface area contributed by atoms with Crippen molar-refractivity contribution in [3.63, 3.8) is 0 Å². The van der Waals surface area contributed by atoms with Crippen molar-refractivity contribution < 1.29 is 18.7 Å². The van der Waals surface area contributed by atoms with Crippen LogP contribution in [0.2, 0.25) is 0 Å². The third kappa shape index (κ3) is 3.98. The number of nitrogens with one attached hydrogen (secondary N) is 1. The summed E-state index contributed by atoms with van der Waals surface area (Å²) >= 11 is 0. The number of rotatable bonds is 5. The van der Waals surface area contributed by atoms with Crippen LogP contribution in [0.1, 0.15) is 30.9 Å². The second-order valence-electron chi connectivity index (χ2n) is 6.89. The topological polar surface area (TPSA) is 86.5 Å². The van der Waals surface area contributed by atoms with Gasteiger partial charge in [-0.2, -0.15) is 0 Å². The Kier molecular flexibility index (Phi) is 4.97. The van der Waals surface area contributed by atoms with Gasteiger partial charge in [-0.25, -0.2) is 0 Å². The number of hydrogen-bond donors (Lipinski definition) is 1. The second-order valence-corrected chi connectivity index (χ2v) is 6.89. The van der Waals surface area contributed by atoms with Crippen LogP contribution in [-0.2, 0) is 11.2 Å². The fraction of sp³-hybridized carbons (Fsp3) is 0.286. The SMILES string of the molecule is CC(C)c1ccc(CC(=O)Nc2nnc(-c3ccc4c(c3)OCCO4)o2)cc1. The maximum atomic E-state index is 12.3. The number of carbonyl (C=O) groups is 1. The van der Waals surface area contributed by atoms with E-state index in [-0.39, 0.29) is 18.3 Å². The number of carbonyl (C=O) groups excluding carboxylic acids is 1. The highest BCUT2D eigenvalue weighted by Gasteiger charge is 2.16. The monoisotopic (exact) mass is 379 g/mol. The van der Waals surface area contributed by atoms with Crippen molar-refractivity contribution >= 4 is 11.9 Å². The van der Waals surface area contributed by atoms with E-state index >= 15 is 0 Å². The second kappa shape index (κ2) is 7.72. The zero-order valence-corrected chi connectivity index (χ0v) is 15.8. The molecule has 0 radical (unpaired) electrons. The fourth-order valence-electron chi connectivity index (χ4n) is 2.94. The molecule has 0 spiro atoms. The fourth-order valence-corrected chi connectivity index (χ4v) is 2.94. The van der Waals surface area contributed by atoms with Gasteiger partial charge in [0.25, 0.3) is 0 Å². The van der Waals surface area contributed by atoms with Crippen molar-refractivity contribution in [3.05, 3.63) is 53.6 Å². The van der Waals surface area contributed by atoms with Crippen molar-refractivity contribution in [2.24, 2.45) is 0 Å². The Morgan fingerprint density at radius 2 is 1.79 bits per heavy atom. The van der Waals surface area contributed by atoms with Crippen LogP contribution in [0.15, 0.2) is 46.9 Å². The summed E-state index contributed by atoms with van der Waals surface area (Å²) in [6.07, 6.45) is 0.236. The van der Waals surface area contributed by atoms with Crippen molar-refractivity contribution in [1.82, 2.24) is 10.2 Å². The molecule has 0 bridgehead atoms. The molecule has 0 atom stereocenters. The van der Waals surface area contributed by atoms with E-state index in [4.69, 9.17) is 13.9 Å². The molecule has 3 aromatic rings. The third-order valence-corrected chi connectivity index (χ3v) is 4.47. The predicted molar refractivity (Wildman–Crippen MR) is 104 cm³/mol. The number of anilines is 1. The lowest BCUT2D eigenvalue weighted by Gasteiger charge is -2.18. The van der Waals surface area contributed by atoms with E-state index in [2.05, 4.69) is 29.4 Å². The molecule has 1 amide bonds. The maximum absolute atomic E-state index is 12.3. The summed E-state index contributed by atoms with van der Waals surface area (Å²) in [6.45, 7) is 5.30. The van der Waals surface area contributed by atoms with E-state index in [9.17, 15) is 4.79 Å². The first-order valence-electron chi connectivity index (χ1n) is 9.21. The van der Waals surface area contributed by atoms with Gasteiger partial charge in [0.05, 0.1) is 6.42 Å². The Bertz CT molecular complexity index is 980. The van der Waals surface area contributed by atoms with Gasteiger partial charge in [0.2, 0.25) is 11.8 Å². The molecule has 144 valence electrons. The Morgan fingerprint density at radius 3 is 2.54 bits per heavy atom. The average Bonchev–Trinajstić information content (AvgIpc) is 3.16. The number of benzene rings is 2. The van der Waals surface area contributed by atoms with Gasteiger partial charge in [-0.15, -0.1) is 5.10 Å². The van der Waals surface area contributed by atoms with Gasteiger partial charge in [-0.3, -0.25) is 10.1 Å². The molecule has 0 unspecified atom stereocenters. The standard InChI is InChI=1S/C21H21N3O4/c1-13(2)15-5-3-14(4-6-15)11-19(25)22-21-24-23-20(28-21)16-7-8-17-18(12-16)27-10-9-26-17/h3-8,12-13H,9-11H2,1-2H3,(H,22,24,25). The Morgan fingerprint density at radius 1 is 1.04 bits per heavy atom. The minimum Gasteiger partial charge on any atom is -0.486 e. The van der Waals surface area contributed by atoms with Gasteiger partial charge < -0.3 is 13.9 Å². The zero-order valence-electron chi connectivity index (χ0n) is 15.8. The van der Waals surface area contributed by atoms with E-state index in [0.717, 1.165) is 5.56 Å². The highest BCUT2D eigenvalue weighted by atomic mass is 16.6. The Hall–Kier alpha value is -3.35. The lowest BCUT2D eigenvalue weighted by atomic mass is 10.0. The van der Waals surface area contributed by atoms with Crippen LogP contribution in [0.3, 0.4) is 0 Å². The maximum Gasteiger partial charge on any atom is 0.322 e. The van der Waals surface area contributed by atoms with Crippen molar-refractivity contribution in [2.45, 2.75) is 26.2 Å². The van der Waals surface area contributed by atoms with E-state index in [1.807, 2.05) is 30.3 Å². The molecule has 28 heavy (non-hydrogen) atoms. The molecule has 4 rings (SSSR count). The Balaban J connectivity index is 1.41. The number of hydrogen-bond acceptors (Lipinski definition) is 6. The summed E-state index contributed by atoms with van der Waals surface area (Å²) in [5, 5.41) is 10.5. The molecule has 1 N–H and O–H groups in total. The van der Waals surface area contributed by atoms with Crippen LogP contribution in [-0.4, -0.2) is 29.3 Å². The van der Waals surface area contributed by atoms with Crippen LogP contribution in [0.25, 0.3) is 11.5 Å². The van der Waals surface area contributed by atoms with E-state index in [1.165, 1.54) is 5.56 Å². The summed E-state index contributed by atoms with van der Waals surface area (Å²) in [6, 6.07) is 13.5. The molecule has 2 aromatic carbocycles.